The van der Waals surface area contributed by atoms with Gasteiger partial charge in [-0.15, -0.1) is 0 Å². The van der Waals surface area contributed by atoms with Gasteiger partial charge < -0.3 is 5.32 Å². The molecule has 0 heterocycles. The first-order valence-corrected chi connectivity index (χ1v) is 10.1. The molecule has 30 heavy (non-hydrogen) atoms. The number of hydrogen-bond donors (Lipinski definition) is 1. The average Bonchev–Trinajstić information content (AvgIpc) is 3.06. The van der Waals surface area contributed by atoms with E-state index in [1.54, 1.807) is 24.3 Å². The van der Waals surface area contributed by atoms with Crippen molar-refractivity contribution < 1.29 is 9.59 Å². The molecular formula is C25H17Cl2NO2. The molecule has 0 unspecified atom stereocenters. The molecule has 0 aromatic heterocycles. The topological polar surface area (TPSA) is 46.2 Å². The maximum absolute atomic E-state index is 12.5. The first-order valence-electron chi connectivity index (χ1n) is 9.37. The van der Waals surface area contributed by atoms with Crippen molar-refractivity contribution in [1.29, 1.82) is 0 Å². The highest BCUT2D eigenvalue weighted by Crippen LogP contribution is 2.28. The Bertz CT molecular complexity index is 1190. The van der Waals surface area contributed by atoms with Crippen molar-refractivity contribution in [2.75, 3.05) is 5.32 Å². The van der Waals surface area contributed by atoms with Gasteiger partial charge in [-0.1, -0.05) is 65.7 Å². The molecule has 5 heteroatoms. The molecule has 4 rings (SSSR count). The van der Waals surface area contributed by atoms with Gasteiger partial charge in [0.25, 0.3) is 0 Å². The Hall–Kier alpha value is -3.14. The summed E-state index contributed by atoms with van der Waals surface area (Å²) >= 11 is 11.9. The van der Waals surface area contributed by atoms with Gasteiger partial charge in [0.2, 0.25) is 5.91 Å². The molecule has 3 aromatic rings. The van der Waals surface area contributed by atoms with E-state index in [2.05, 4.69) is 5.32 Å². The summed E-state index contributed by atoms with van der Waals surface area (Å²) in [6, 6.07) is 20.2. The van der Waals surface area contributed by atoms with Crippen LogP contribution in [0.3, 0.4) is 0 Å². The van der Waals surface area contributed by atoms with Crippen LogP contribution >= 0.6 is 23.2 Å². The Morgan fingerprint density at radius 3 is 2.37 bits per heavy atom. The second-order valence-corrected chi connectivity index (χ2v) is 7.77. The van der Waals surface area contributed by atoms with E-state index < -0.39 is 0 Å². The highest BCUT2D eigenvalue weighted by Gasteiger charge is 2.23. The maximum Gasteiger partial charge on any atom is 0.248 e. The summed E-state index contributed by atoms with van der Waals surface area (Å²) in [5.41, 5.74) is 4.98. The smallest absolute Gasteiger partial charge is 0.248 e. The van der Waals surface area contributed by atoms with Crippen molar-refractivity contribution in [1.82, 2.24) is 0 Å². The summed E-state index contributed by atoms with van der Waals surface area (Å²) in [5.74, 6) is -0.177. The van der Waals surface area contributed by atoms with Crippen LogP contribution in [0, 0.1) is 0 Å². The number of ketones is 1. The van der Waals surface area contributed by atoms with Crippen molar-refractivity contribution in [3.8, 4) is 0 Å². The number of allylic oxidation sites excluding steroid dienone is 1. The SMILES string of the molecule is O=C(/C=C/c1ccc(Cl)c(Cl)c1)Nc1ccc(/C=C2\Cc3ccccc3C2=O)cc1. The van der Waals surface area contributed by atoms with E-state index in [9.17, 15) is 9.59 Å². The van der Waals surface area contributed by atoms with Gasteiger partial charge in [-0.2, -0.15) is 0 Å². The minimum Gasteiger partial charge on any atom is -0.323 e. The van der Waals surface area contributed by atoms with Crippen molar-refractivity contribution in [2.24, 2.45) is 0 Å². The molecule has 0 saturated carbocycles. The lowest BCUT2D eigenvalue weighted by Gasteiger charge is -2.03. The van der Waals surface area contributed by atoms with E-state index >= 15 is 0 Å². The molecule has 1 aliphatic carbocycles. The van der Waals surface area contributed by atoms with Crippen molar-refractivity contribution in [3.05, 3.63) is 111 Å². The normalized spacial score (nSPS) is 14.3. The Labute approximate surface area is 184 Å². The Kier molecular flexibility index (Phi) is 5.84. The molecule has 0 fully saturated rings. The third kappa shape index (κ3) is 4.54. The predicted octanol–water partition coefficient (Wildman–Crippen LogP) is 6.47. The monoisotopic (exact) mass is 433 g/mol. The molecule has 1 N–H and O–H groups in total. The molecular weight excluding hydrogens is 417 g/mol. The molecule has 0 spiro atoms. The van der Waals surface area contributed by atoms with Crippen LogP contribution in [0.5, 0.6) is 0 Å². The van der Waals surface area contributed by atoms with Crippen LogP contribution < -0.4 is 5.32 Å². The number of Topliss-reactive ketones (excluding diaryl/α,β-unsaturated/α-hetero) is 1. The number of hydrogen-bond acceptors (Lipinski definition) is 2. The van der Waals surface area contributed by atoms with Crippen LogP contribution in [0.25, 0.3) is 12.2 Å². The maximum atomic E-state index is 12.5. The van der Waals surface area contributed by atoms with Crippen LogP contribution in [-0.4, -0.2) is 11.7 Å². The predicted molar refractivity (Wildman–Crippen MR) is 123 cm³/mol. The summed E-state index contributed by atoms with van der Waals surface area (Å²) in [6.07, 6.45) is 5.65. The van der Waals surface area contributed by atoms with Crippen molar-refractivity contribution in [2.45, 2.75) is 6.42 Å². The molecule has 1 amide bonds. The Morgan fingerprint density at radius 2 is 1.63 bits per heavy atom. The van der Waals surface area contributed by atoms with E-state index in [1.807, 2.05) is 54.6 Å². The van der Waals surface area contributed by atoms with Crippen molar-refractivity contribution in [3.63, 3.8) is 0 Å². The summed E-state index contributed by atoms with van der Waals surface area (Å²) < 4.78 is 0. The van der Waals surface area contributed by atoms with Gasteiger partial charge in [-0.25, -0.2) is 0 Å². The lowest BCUT2D eigenvalue weighted by molar-refractivity contribution is -0.111. The third-order valence-corrected chi connectivity index (χ3v) is 5.56. The lowest BCUT2D eigenvalue weighted by Crippen LogP contribution is -2.07. The molecule has 0 saturated heterocycles. The lowest BCUT2D eigenvalue weighted by atomic mass is 10.1. The van der Waals surface area contributed by atoms with Gasteiger partial charge in [0, 0.05) is 29.3 Å². The minimum atomic E-state index is -0.256. The fourth-order valence-electron chi connectivity index (χ4n) is 3.31. The minimum absolute atomic E-state index is 0.0791. The Morgan fingerprint density at radius 1 is 0.900 bits per heavy atom. The number of carbonyl (C=O) groups is 2. The summed E-state index contributed by atoms with van der Waals surface area (Å²) in [6.45, 7) is 0. The second-order valence-electron chi connectivity index (χ2n) is 6.95. The molecule has 3 aromatic carbocycles. The van der Waals surface area contributed by atoms with Crippen LogP contribution in [0.1, 0.15) is 27.0 Å². The number of anilines is 1. The van der Waals surface area contributed by atoms with E-state index in [-0.39, 0.29) is 11.7 Å². The number of carbonyl (C=O) groups excluding carboxylic acids is 2. The molecule has 148 valence electrons. The van der Waals surface area contributed by atoms with E-state index in [1.165, 1.54) is 6.08 Å². The fourth-order valence-corrected chi connectivity index (χ4v) is 3.61. The van der Waals surface area contributed by atoms with Crippen molar-refractivity contribution >= 4 is 52.7 Å². The number of benzene rings is 3. The van der Waals surface area contributed by atoms with Crippen LogP contribution in [0.4, 0.5) is 5.69 Å². The third-order valence-electron chi connectivity index (χ3n) is 4.82. The second kappa shape index (κ2) is 8.70. The van der Waals surface area contributed by atoms with Gasteiger partial charge in [0.05, 0.1) is 10.0 Å². The largest absolute Gasteiger partial charge is 0.323 e. The van der Waals surface area contributed by atoms with Gasteiger partial charge in [-0.05, 0) is 53.1 Å². The van der Waals surface area contributed by atoms with Gasteiger partial charge in [0.1, 0.15) is 0 Å². The van der Waals surface area contributed by atoms with Crippen LogP contribution in [-0.2, 0) is 11.2 Å². The number of fused-ring (bicyclic) bond motifs is 1. The van der Waals surface area contributed by atoms with Crippen LogP contribution in [0.2, 0.25) is 10.0 Å². The molecule has 0 radical (unpaired) electrons. The molecule has 0 atom stereocenters. The zero-order valence-electron chi connectivity index (χ0n) is 15.9. The summed E-state index contributed by atoms with van der Waals surface area (Å²) in [5, 5.41) is 3.72. The highest BCUT2D eigenvalue weighted by atomic mass is 35.5. The number of amides is 1. The van der Waals surface area contributed by atoms with Crippen LogP contribution in [0.15, 0.2) is 78.4 Å². The van der Waals surface area contributed by atoms with Gasteiger partial charge in [-0.3, -0.25) is 9.59 Å². The van der Waals surface area contributed by atoms with E-state index in [4.69, 9.17) is 23.2 Å². The first kappa shape index (κ1) is 20.1. The number of nitrogens with one attached hydrogen (secondary N) is 1. The van der Waals surface area contributed by atoms with E-state index in [0.717, 1.165) is 27.8 Å². The number of halogens is 2. The zero-order valence-corrected chi connectivity index (χ0v) is 17.4. The number of rotatable bonds is 4. The fraction of sp³-hybridized carbons (Fsp3) is 0.0400. The standard InChI is InChI=1S/C25H17Cl2NO2/c26-22-11-7-17(14-23(22)27)8-12-24(29)28-20-9-5-16(6-10-20)13-19-15-18-3-1-2-4-21(18)25(19)30/h1-14H,15H2,(H,28,29)/b12-8+,19-13+. The Balaban J connectivity index is 1.40. The summed E-state index contributed by atoms with van der Waals surface area (Å²) in [4.78, 5) is 24.7. The first-order chi connectivity index (χ1) is 14.5. The molecule has 0 aliphatic heterocycles. The van der Waals surface area contributed by atoms with E-state index in [0.29, 0.717) is 22.2 Å². The zero-order chi connectivity index (χ0) is 21.1. The molecule has 3 nitrogen and oxygen atoms in total. The molecule has 1 aliphatic rings. The van der Waals surface area contributed by atoms with Gasteiger partial charge >= 0.3 is 0 Å². The highest BCUT2D eigenvalue weighted by molar-refractivity contribution is 6.42. The quantitative estimate of drug-likeness (QED) is 0.479. The molecule has 0 bridgehead atoms. The average molecular weight is 434 g/mol. The summed E-state index contributed by atoms with van der Waals surface area (Å²) in [7, 11) is 0. The van der Waals surface area contributed by atoms with Gasteiger partial charge in [0.15, 0.2) is 5.78 Å².